The van der Waals surface area contributed by atoms with E-state index in [9.17, 15) is 28.1 Å². The second-order valence-electron chi connectivity index (χ2n) is 5.24. The molecule has 2 rings (SSSR count). The van der Waals surface area contributed by atoms with E-state index in [2.05, 4.69) is 5.32 Å². The summed E-state index contributed by atoms with van der Waals surface area (Å²) in [6.07, 6.45) is -4.50. The molecule has 2 aromatic carbocycles. The fourth-order valence-corrected chi connectivity index (χ4v) is 2.35. The molecule has 0 saturated heterocycles. The Labute approximate surface area is 145 Å². The first kappa shape index (κ1) is 18.7. The summed E-state index contributed by atoms with van der Waals surface area (Å²) in [5.74, 6) is -0.724. The molecule has 132 valence electrons. The zero-order valence-electron chi connectivity index (χ0n) is 12.8. The van der Waals surface area contributed by atoms with E-state index in [4.69, 9.17) is 11.6 Å². The molecule has 5 nitrogen and oxygen atoms in total. The van der Waals surface area contributed by atoms with Crippen molar-refractivity contribution in [3.8, 4) is 0 Å². The normalized spacial score (nSPS) is 12.5. The van der Waals surface area contributed by atoms with Crippen LogP contribution in [0.15, 0.2) is 42.5 Å². The fraction of sp³-hybridized carbons (Fsp3) is 0.188. The molecule has 0 bridgehead atoms. The lowest BCUT2D eigenvalue weighted by Crippen LogP contribution is -2.27. The minimum atomic E-state index is -4.50. The van der Waals surface area contributed by atoms with Gasteiger partial charge in [-0.05, 0) is 30.7 Å². The number of nitrogens with zero attached hydrogens (tertiary/aromatic N) is 1. The van der Waals surface area contributed by atoms with Crippen LogP contribution in [0, 0.1) is 10.1 Å². The molecule has 0 aliphatic rings. The number of halogens is 4. The predicted molar refractivity (Wildman–Crippen MR) is 85.4 cm³/mol. The SMILES string of the molecule is CC(NC(=O)c1cc([N+](=O)[O-])ccc1Cl)c1cccc(C(F)(F)F)c1. The molecule has 1 unspecified atom stereocenters. The molecule has 1 atom stereocenters. The number of carbonyl (C=O) groups excluding carboxylic acids is 1. The van der Waals surface area contributed by atoms with E-state index in [0.717, 1.165) is 24.3 Å². The lowest BCUT2D eigenvalue weighted by atomic mass is 10.0. The highest BCUT2D eigenvalue weighted by atomic mass is 35.5. The first-order chi connectivity index (χ1) is 11.6. The molecule has 2 aromatic rings. The summed E-state index contributed by atoms with van der Waals surface area (Å²) >= 11 is 5.88. The first-order valence-electron chi connectivity index (χ1n) is 7.01. The maximum absolute atomic E-state index is 12.8. The van der Waals surface area contributed by atoms with Gasteiger partial charge in [0.2, 0.25) is 0 Å². The van der Waals surface area contributed by atoms with E-state index in [1.165, 1.54) is 25.1 Å². The van der Waals surface area contributed by atoms with Crippen molar-refractivity contribution in [1.29, 1.82) is 0 Å². The van der Waals surface area contributed by atoms with Crippen molar-refractivity contribution in [3.63, 3.8) is 0 Å². The molecule has 0 heterocycles. The monoisotopic (exact) mass is 372 g/mol. The number of carbonyl (C=O) groups is 1. The van der Waals surface area contributed by atoms with E-state index in [1.807, 2.05) is 0 Å². The van der Waals surface area contributed by atoms with Crippen molar-refractivity contribution in [2.75, 3.05) is 0 Å². The van der Waals surface area contributed by atoms with Crippen LogP contribution in [0.3, 0.4) is 0 Å². The van der Waals surface area contributed by atoms with Gasteiger partial charge in [0.1, 0.15) is 0 Å². The fourth-order valence-electron chi connectivity index (χ4n) is 2.14. The Kier molecular flexibility index (Phi) is 5.32. The molecule has 0 fully saturated rings. The summed E-state index contributed by atoms with van der Waals surface area (Å²) in [4.78, 5) is 22.4. The lowest BCUT2D eigenvalue weighted by molar-refractivity contribution is -0.384. The maximum atomic E-state index is 12.8. The van der Waals surface area contributed by atoms with E-state index >= 15 is 0 Å². The van der Waals surface area contributed by atoms with Crippen molar-refractivity contribution in [2.24, 2.45) is 0 Å². The molecular formula is C16H12ClF3N2O3. The Morgan fingerprint density at radius 1 is 1.24 bits per heavy atom. The summed E-state index contributed by atoms with van der Waals surface area (Å²) in [6, 6.07) is 7.14. The number of rotatable bonds is 4. The van der Waals surface area contributed by atoms with Crippen LogP contribution in [0.5, 0.6) is 0 Å². The smallest absolute Gasteiger partial charge is 0.345 e. The summed E-state index contributed by atoms with van der Waals surface area (Å²) in [5, 5.41) is 13.3. The van der Waals surface area contributed by atoms with Gasteiger partial charge in [0.05, 0.1) is 27.1 Å². The largest absolute Gasteiger partial charge is 0.416 e. The second-order valence-corrected chi connectivity index (χ2v) is 5.65. The molecule has 0 aliphatic carbocycles. The van der Waals surface area contributed by atoms with Crippen LogP contribution < -0.4 is 5.32 Å². The van der Waals surface area contributed by atoms with Crippen molar-refractivity contribution >= 4 is 23.2 Å². The standard InChI is InChI=1S/C16H12ClF3N2O3/c1-9(10-3-2-4-11(7-10)16(18,19)20)21-15(23)13-8-12(22(24)25)5-6-14(13)17/h2-9H,1H3,(H,21,23). The van der Waals surface area contributed by atoms with Crippen LogP contribution >= 0.6 is 11.6 Å². The van der Waals surface area contributed by atoms with Crippen LogP contribution in [0.1, 0.15) is 34.5 Å². The average molecular weight is 373 g/mol. The third-order valence-electron chi connectivity index (χ3n) is 3.47. The van der Waals surface area contributed by atoms with Gasteiger partial charge in [-0.2, -0.15) is 13.2 Å². The van der Waals surface area contributed by atoms with Crippen LogP contribution in [-0.2, 0) is 6.18 Å². The molecular weight excluding hydrogens is 361 g/mol. The topological polar surface area (TPSA) is 72.2 Å². The molecule has 1 amide bonds. The Morgan fingerprint density at radius 3 is 2.52 bits per heavy atom. The summed E-state index contributed by atoms with van der Waals surface area (Å²) in [6.45, 7) is 1.50. The van der Waals surface area contributed by atoms with Gasteiger partial charge in [0, 0.05) is 12.1 Å². The predicted octanol–water partition coefficient (Wildman–Crippen LogP) is 4.76. The molecule has 9 heteroatoms. The number of nitrogens with one attached hydrogen (secondary N) is 1. The molecule has 0 radical (unpaired) electrons. The number of nitro groups is 1. The Hall–Kier alpha value is -2.61. The third-order valence-corrected chi connectivity index (χ3v) is 3.80. The zero-order chi connectivity index (χ0) is 18.8. The van der Waals surface area contributed by atoms with E-state index < -0.39 is 28.6 Å². The Morgan fingerprint density at radius 2 is 1.92 bits per heavy atom. The van der Waals surface area contributed by atoms with Gasteiger partial charge in [-0.1, -0.05) is 23.7 Å². The van der Waals surface area contributed by atoms with E-state index in [-0.39, 0.29) is 21.8 Å². The van der Waals surface area contributed by atoms with Gasteiger partial charge in [-0.15, -0.1) is 0 Å². The molecule has 0 saturated carbocycles. The minimum Gasteiger partial charge on any atom is -0.345 e. The number of hydrogen-bond acceptors (Lipinski definition) is 3. The Bertz CT molecular complexity index is 825. The van der Waals surface area contributed by atoms with E-state index in [0.29, 0.717) is 0 Å². The second kappa shape index (κ2) is 7.10. The van der Waals surface area contributed by atoms with Gasteiger partial charge in [0.15, 0.2) is 0 Å². The van der Waals surface area contributed by atoms with Gasteiger partial charge in [0.25, 0.3) is 11.6 Å². The number of non-ortho nitro benzene ring substituents is 1. The minimum absolute atomic E-state index is 0.000609. The van der Waals surface area contributed by atoms with Crippen molar-refractivity contribution in [1.82, 2.24) is 5.32 Å². The van der Waals surface area contributed by atoms with Crippen molar-refractivity contribution in [2.45, 2.75) is 19.1 Å². The van der Waals surface area contributed by atoms with Crippen LogP contribution in [0.4, 0.5) is 18.9 Å². The molecule has 25 heavy (non-hydrogen) atoms. The summed E-state index contributed by atoms with van der Waals surface area (Å²) < 4.78 is 38.3. The van der Waals surface area contributed by atoms with Gasteiger partial charge < -0.3 is 5.32 Å². The number of nitro benzene ring substituents is 1. The van der Waals surface area contributed by atoms with Gasteiger partial charge in [-0.25, -0.2) is 0 Å². The molecule has 0 aromatic heterocycles. The lowest BCUT2D eigenvalue weighted by Gasteiger charge is -2.16. The third kappa shape index (κ3) is 4.48. The van der Waals surface area contributed by atoms with Crippen LogP contribution in [0.25, 0.3) is 0 Å². The highest BCUT2D eigenvalue weighted by molar-refractivity contribution is 6.33. The highest BCUT2D eigenvalue weighted by Gasteiger charge is 2.30. The number of hydrogen-bond donors (Lipinski definition) is 1. The van der Waals surface area contributed by atoms with Gasteiger partial charge >= 0.3 is 6.18 Å². The average Bonchev–Trinajstić information content (AvgIpc) is 2.54. The zero-order valence-corrected chi connectivity index (χ0v) is 13.6. The molecule has 0 aliphatic heterocycles. The van der Waals surface area contributed by atoms with Crippen LogP contribution in [-0.4, -0.2) is 10.8 Å². The van der Waals surface area contributed by atoms with Crippen molar-refractivity contribution in [3.05, 3.63) is 74.3 Å². The first-order valence-corrected chi connectivity index (χ1v) is 7.39. The summed E-state index contributed by atoms with van der Waals surface area (Å²) in [7, 11) is 0. The highest BCUT2D eigenvalue weighted by Crippen LogP contribution is 2.31. The van der Waals surface area contributed by atoms with E-state index in [1.54, 1.807) is 0 Å². The number of amides is 1. The molecule has 1 N–H and O–H groups in total. The summed E-state index contributed by atoms with van der Waals surface area (Å²) in [5.41, 5.74) is -1.04. The number of benzene rings is 2. The number of alkyl halides is 3. The quantitative estimate of drug-likeness (QED) is 0.621. The van der Waals surface area contributed by atoms with Gasteiger partial charge in [-0.3, -0.25) is 14.9 Å². The van der Waals surface area contributed by atoms with Crippen LogP contribution in [0.2, 0.25) is 5.02 Å². The molecule has 0 spiro atoms. The Balaban J connectivity index is 2.24. The van der Waals surface area contributed by atoms with Crippen molar-refractivity contribution < 1.29 is 22.9 Å². The maximum Gasteiger partial charge on any atom is 0.416 e.